The fourth-order valence-corrected chi connectivity index (χ4v) is 2.27. The maximum absolute atomic E-state index is 11.8. The molecule has 18 heavy (non-hydrogen) atoms. The highest BCUT2D eigenvalue weighted by Gasteiger charge is 2.17. The first-order valence-corrected chi connectivity index (χ1v) is 6.55. The van der Waals surface area contributed by atoms with Crippen LogP contribution in [0.5, 0.6) is 0 Å². The van der Waals surface area contributed by atoms with Crippen molar-refractivity contribution >= 4 is 17.3 Å². The van der Waals surface area contributed by atoms with Gasteiger partial charge in [0.2, 0.25) is 5.91 Å². The normalized spacial score (nSPS) is 14.8. The molecule has 0 unspecified atom stereocenters. The lowest BCUT2D eigenvalue weighted by Gasteiger charge is -2.16. The third-order valence-corrected chi connectivity index (χ3v) is 3.49. The fraction of sp³-hybridized carbons (Fsp3) is 0.500. The summed E-state index contributed by atoms with van der Waals surface area (Å²) in [5, 5.41) is 3.28. The average molecular weight is 247 g/mol. The van der Waals surface area contributed by atoms with E-state index >= 15 is 0 Å². The molecule has 0 radical (unpaired) electrons. The molecule has 2 rings (SSSR count). The van der Waals surface area contributed by atoms with E-state index in [1.165, 1.54) is 0 Å². The number of hydrogen-bond donors (Lipinski definition) is 2. The Hall–Kier alpha value is -1.71. The van der Waals surface area contributed by atoms with Crippen LogP contribution in [0.4, 0.5) is 11.4 Å². The highest BCUT2D eigenvalue weighted by molar-refractivity contribution is 5.77. The Morgan fingerprint density at radius 3 is 2.83 bits per heavy atom. The van der Waals surface area contributed by atoms with Gasteiger partial charge in [0.25, 0.3) is 0 Å². The third kappa shape index (κ3) is 2.94. The minimum absolute atomic E-state index is 0.251. The number of likely N-dealkylation sites (tertiary alicyclic amines) is 1. The molecule has 0 saturated carbocycles. The van der Waals surface area contributed by atoms with E-state index in [0.717, 1.165) is 42.9 Å². The van der Waals surface area contributed by atoms with Crippen LogP contribution in [0.3, 0.4) is 0 Å². The topological polar surface area (TPSA) is 58.4 Å². The maximum Gasteiger partial charge on any atom is 0.224 e. The molecular weight excluding hydrogens is 226 g/mol. The number of benzene rings is 1. The molecule has 0 bridgehead atoms. The Kier molecular flexibility index (Phi) is 4.07. The molecule has 4 nitrogen and oxygen atoms in total. The molecule has 0 atom stereocenters. The Bertz CT molecular complexity index is 425. The Morgan fingerprint density at radius 1 is 1.39 bits per heavy atom. The molecule has 1 amide bonds. The number of amides is 1. The van der Waals surface area contributed by atoms with Gasteiger partial charge in [-0.1, -0.05) is 6.07 Å². The van der Waals surface area contributed by atoms with Gasteiger partial charge in [0, 0.05) is 37.4 Å². The SMILES string of the molecule is Cc1c(N)cccc1NCCC(=O)N1CCCC1. The molecular formula is C14H21N3O. The number of nitrogen functional groups attached to an aromatic ring is 1. The molecule has 0 aromatic heterocycles. The summed E-state index contributed by atoms with van der Waals surface area (Å²) in [5.74, 6) is 0.251. The summed E-state index contributed by atoms with van der Waals surface area (Å²) < 4.78 is 0. The smallest absolute Gasteiger partial charge is 0.224 e. The second-order valence-corrected chi connectivity index (χ2v) is 4.78. The molecule has 1 aromatic carbocycles. The Labute approximate surface area is 108 Å². The van der Waals surface area contributed by atoms with Crippen molar-refractivity contribution in [3.63, 3.8) is 0 Å². The van der Waals surface area contributed by atoms with Crippen molar-refractivity contribution in [2.45, 2.75) is 26.2 Å². The van der Waals surface area contributed by atoms with Crippen LogP contribution >= 0.6 is 0 Å². The summed E-state index contributed by atoms with van der Waals surface area (Å²) in [4.78, 5) is 13.8. The number of hydrogen-bond acceptors (Lipinski definition) is 3. The Morgan fingerprint density at radius 2 is 2.11 bits per heavy atom. The Balaban J connectivity index is 1.81. The summed E-state index contributed by atoms with van der Waals surface area (Å²) in [7, 11) is 0. The van der Waals surface area contributed by atoms with Crippen LogP contribution in [0.25, 0.3) is 0 Å². The van der Waals surface area contributed by atoms with Gasteiger partial charge in [-0.25, -0.2) is 0 Å². The standard InChI is InChI=1S/C14H21N3O/c1-11-12(15)5-4-6-13(11)16-8-7-14(18)17-9-2-3-10-17/h4-6,16H,2-3,7-10,15H2,1H3. The number of carbonyl (C=O) groups excluding carboxylic acids is 1. The minimum Gasteiger partial charge on any atom is -0.398 e. The van der Waals surface area contributed by atoms with Gasteiger partial charge in [-0.2, -0.15) is 0 Å². The van der Waals surface area contributed by atoms with E-state index in [2.05, 4.69) is 5.32 Å². The predicted octanol–water partition coefficient (Wildman–Crippen LogP) is 2.00. The highest BCUT2D eigenvalue weighted by atomic mass is 16.2. The van der Waals surface area contributed by atoms with Crippen molar-refractivity contribution in [1.82, 2.24) is 4.90 Å². The molecule has 98 valence electrons. The summed E-state index contributed by atoms with van der Waals surface area (Å²) >= 11 is 0. The molecule has 0 aliphatic carbocycles. The lowest BCUT2D eigenvalue weighted by molar-refractivity contribution is -0.129. The summed E-state index contributed by atoms with van der Waals surface area (Å²) in [5.41, 5.74) is 8.68. The van der Waals surface area contributed by atoms with Crippen LogP contribution in [0.15, 0.2) is 18.2 Å². The molecule has 1 aliphatic rings. The second-order valence-electron chi connectivity index (χ2n) is 4.78. The van der Waals surface area contributed by atoms with Gasteiger partial charge in [-0.3, -0.25) is 4.79 Å². The van der Waals surface area contributed by atoms with Gasteiger partial charge in [-0.05, 0) is 37.5 Å². The number of rotatable bonds is 4. The van der Waals surface area contributed by atoms with Crippen LogP contribution < -0.4 is 11.1 Å². The molecule has 1 aromatic rings. The van der Waals surface area contributed by atoms with Crippen molar-refractivity contribution in [1.29, 1.82) is 0 Å². The number of nitrogens with two attached hydrogens (primary N) is 1. The molecule has 4 heteroatoms. The fourth-order valence-electron chi connectivity index (χ4n) is 2.27. The van der Waals surface area contributed by atoms with E-state index < -0.39 is 0 Å². The van der Waals surface area contributed by atoms with Crippen molar-refractivity contribution in [3.05, 3.63) is 23.8 Å². The second kappa shape index (κ2) is 5.76. The van der Waals surface area contributed by atoms with Gasteiger partial charge in [0.05, 0.1) is 0 Å². The first-order chi connectivity index (χ1) is 8.68. The van der Waals surface area contributed by atoms with Gasteiger partial charge in [0.15, 0.2) is 0 Å². The van der Waals surface area contributed by atoms with E-state index in [0.29, 0.717) is 13.0 Å². The third-order valence-electron chi connectivity index (χ3n) is 3.49. The summed E-state index contributed by atoms with van der Waals surface area (Å²) in [6, 6.07) is 5.80. The van der Waals surface area contributed by atoms with E-state index in [1.54, 1.807) is 0 Å². The largest absolute Gasteiger partial charge is 0.398 e. The summed E-state index contributed by atoms with van der Waals surface area (Å²) in [6.45, 7) is 4.51. The molecule has 1 heterocycles. The minimum atomic E-state index is 0.251. The van der Waals surface area contributed by atoms with E-state index in [4.69, 9.17) is 5.73 Å². The average Bonchev–Trinajstić information content (AvgIpc) is 2.88. The first-order valence-electron chi connectivity index (χ1n) is 6.55. The molecule has 3 N–H and O–H groups in total. The van der Waals surface area contributed by atoms with Crippen molar-refractivity contribution < 1.29 is 4.79 Å². The number of anilines is 2. The van der Waals surface area contributed by atoms with Gasteiger partial charge in [0.1, 0.15) is 0 Å². The van der Waals surface area contributed by atoms with Gasteiger partial charge >= 0.3 is 0 Å². The van der Waals surface area contributed by atoms with Gasteiger partial charge < -0.3 is 16.0 Å². The monoisotopic (exact) mass is 247 g/mol. The lowest BCUT2D eigenvalue weighted by atomic mass is 10.1. The number of nitrogens with one attached hydrogen (secondary N) is 1. The molecule has 0 spiro atoms. The van der Waals surface area contributed by atoms with Gasteiger partial charge in [-0.15, -0.1) is 0 Å². The number of nitrogens with zero attached hydrogens (tertiary/aromatic N) is 1. The van der Waals surface area contributed by atoms with Crippen LogP contribution in [0.1, 0.15) is 24.8 Å². The molecule has 1 saturated heterocycles. The van der Waals surface area contributed by atoms with Crippen LogP contribution in [0.2, 0.25) is 0 Å². The lowest BCUT2D eigenvalue weighted by Crippen LogP contribution is -2.29. The zero-order valence-electron chi connectivity index (χ0n) is 10.9. The van der Waals surface area contributed by atoms with Crippen molar-refractivity contribution in [2.24, 2.45) is 0 Å². The summed E-state index contributed by atoms with van der Waals surface area (Å²) in [6.07, 6.45) is 2.84. The van der Waals surface area contributed by atoms with E-state index in [9.17, 15) is 4.79 Å². The zero-order valence-corrected chi connectivity index (χ0v) is 10.9. The quantitative estimate of drug-likeness (QED) is 0.800. The van der Waals surface area contributed by atoms with Crippen molar-refractivity contribution in [2.75, 3.05) is 30.7 Å². The zero-order chi connectivity index (χ0) is 13.0. The number of carbonyl (C=O) groups is 1. The van der Waals surface area contributed by atoms with E-state index in [-0.39, 0.29) is 5.91 Å². The van der Waals surface area contributed by atoms with E-state index in [1.807, 2.05) is 30.0 Å². The highest BCUT2D eigenvalue weighted by Crippen LogP contribution is 2.20. The molecule has 1 aliphatic heterocycles. The maximum atomic E-state index is 11.8. The van der Waals surface area contributed by atoms with Crippen molar-refractivity contribution in [3.8, 4) is 0 Å². The predicted molar refractivity (Wildman–Crippen MR) is 74.5 cm³/mol. The van der Waals surface area contributed by atoms with Crippen LogP contribution in [0, 0.1) is 6.92 Å². The molecule has 1 fully saturated rings. The first kappa shape index (κ1) is 12.7. The van der Waals surface area contributed by atoms with Crippen LogP contribution in [-0.2, 0) is 4.79 Å². The van der Waals surface area contributed by atoms with Crippen LogP contribution in [-0.4, -0.2) is 30.4 Å².